The Morgan fingerprint density at radius 2 is 1.73 bits per heavy atom. The molecule has 0 saturated heterocycles. The van der Waals surface area contributed by atoms with E-state index < -0.39 is 0 Å². The number of pyridine rings is 1. The minimum Gasteiger partial charge on any atom is -0.336 e. The minimum absolute atomic E-state index is 0.0482. The Balaban J connectivity index is 2.02. The van der Waals surface area contributed by atoms with Crippen LogP contribution in [0.1, 0.15) is 24.3 Å². The lowest BCUT2D eigenvalue weighted by Crippen LogP contribution is -2.34. The van der Waals surface area contributed by atoms with Gasteiger partial charge in [-0.25, -0.2) is 4.79 Å². The van der Waals surface area contributed by atoms with Crippen LogP contribution in [0.15, 0.2) is 48.7 Å². The van der Waals surface area contributed by atoms with E-state index in [1.54, 1.807) is 48.7 Å². The van der Waals surface area contributed by atoms with Gasteiger partial charge in [0.1, 0.15) is 5.69 Å². The van der Waals surface area contributed by atoms with Crippen LogP contribution in [-0.2, 0) is 0 Å². The van der Waals surface area contributed by atoms with Gasteiger partial charge < -0.3 is 16.0 Å². The van der Waals surface area contributed by atoms with Crippen molar-refractivity contribution in [2.24, 2.45) is 0 Å². The third-order valence-electron chi connectivity index (χ3n) is 2.70. The average molecular weight is 298 g/mol. The fraction of sp³-hybridized carbons (Fsp3) is 0.188. The molecule has 1 aromatic heterocycles. The molecule has 2 rings (SSSR count). The van der Waals surface area contributed by atoms with Crippen LogP contribution < -0.4 is 16.0 Å². The molecular weight excluding hydrogens is 280 g/mol. The molecular formula is C16H18N4O2. The van der Waals surface area contributed by atoms with E-state index in [0.717, 1.165) is 0 Å². The van der Waals surface area contributed by atoms with Gasteiger partial charge in [0.2, 0.25) is 0 Å². The summed E-state index contributed by atoms with van der Waals surface area (Å²) in [6, 6.07) is 11.8. The molecule has 22 heavy (non-hydrogen) atoms. The molecule has 0 aliphatic carbocycles. The first-order valence-electron chi connectivity index (χ1n) is 6.94. The highest BCUT2D eigenvalue weighted by Gasteiger charge is 2.08. The fourth-order valence-electron chi connectivity index (χ4n) is 1.80. The number of carbonyl (C=O) groups excluding carboxylic acids is 2. The van der Waals surface area contributed by atoms with Crippen LogP contribution in [0, 0.1) is 0 Å². The monoisotopic (exact) mass is 298 g/mol. The van der Waals surface area contributed by atoms with Crippen molar-refractivity contribution in [1.29, 1.82) is 0 Å². The standard InChI is InChI=1S/C16H18N4O2/c1-11(2)18-16(22)20-13-7-5-6-12(10-13)19-15(21)14-8-3-4-9-17-14/h3-11H,1-2H3,(H,19,21)(H2,18,20,22). The Morgan fingerprint density at radius 3 is 2.36 bits per heavy atom. The molecule has 0 atom stereocenters. The van der Waals surface area contributed by atoms with Crippen molar-refractivity contribution < 1.29 is 9.59 Å². The summed E-state index contributed by atoms with van der Waals surface area (Å²) in [4.78, 5) is 27.7. The average Bonchev–Trinajstić information content (AvgIpc) is 2.47. The van der Waals surface area contributed by atoms with Crippen LogP contribution in [0.4, 0.5) is 16.2 Å². The molecule has 3 amide bonds. The van der Waals surface area contributed by atoms with E-state index in [4.69, 9.17) is 0 Å². The van der Waals surface area contributed by atoms with Gasteiger partial charge >= 0.3 is 6.03 Å². The summed E-state index contributed by atoms with van der Waals surface area (Å²) in [5.41, 5.74) is 1.51. The second kappa shape index (κ2) is 7.21. The van der Waals surface area contributed by atoms with E-state index in [2.05, 4.69) is 20.9 Å². The first-order valence-corrected chi connectivity index (χ1v) is 6.94. The molecule has 0 spiro atoms. The van der Waals surface area contributed by atoms with Crippen LogP contribution in [0.2, 0.25) is 0 Å². The lowest BCUT2D eigenvalue weighted by Gasteiger charge is -2.11. The Hall–Kier alpha value is -2.89. The van der Waals surface area contributed by atoms with Crippen molar-refractivity contribution in [3.8, 4) is 0 Å². The van der Waals surface area contributed by atoms with Gasteiger partial charge in [-0.1, -0.05) is 12.1 Å². The topological polar surface area (TPSA) is 83.1 Å². The zero-order chi connectivity index (χ0) is 15.9. The van der Waals surface area contributed by atoms with Gasteiger partial charge in [0.25, 0.3) is 5.91 Å². The van der Waals surface area contributed by atoms with Crippen LogP contribution >= 0.6 is 0 Å². The predicted molar refractivity (Wildman–Crippen MR) is 85.9 cm³/mol. The zero-order valence-electron chi connectivity index (χ0n) is 12.5. The SMILES string of the molecule is CC(C)NC(=O)Nc1cccc(NC(=O)c2ccccn2)c1. The number of rotatable bonds is 4. The van der Waals surface area contributed by atoms with E-state index in [9.17, 15) is 9.59 Å². The fourth-order valence-corrected chi connectivity index (χ4v) is 1.80. The number of amides is 3. The second-order valence-electron chi connectivity index (χ2n) is 5.00. The number of nitrogens with one attached hydrogen (secondary N) is 3. The van der Waals surface area contributed by atoms with E-state index in [1.165, 1.54) is 0 Å². The lowest BCUT2D eigenvalue weighted by molar-refractivity contribution is 0.102. The Kier molecular flexibility index (Phi) is 5.08. The first-order chi connectivity index (χ1) is 10.5. The van der Waals surface area contributed by atoms with Crippen molar-refractivity contribution >= 4 is 23.3 Å². The van der Waals surface area contributed by atoms with Gasteiger partial charge in [0, 0.05) is 23.6 Å². The summed E-state index contributed by atoms with van der Waals surface area (Å²) in [5, 5.41) is 8.18. The predicted octanol–water partition coefficient (Wildman–Crippen LogP) is 2.86. The Bertz CT molecular complexity index is 656. The summed E-state index contributed by atoms with van der Waals surface area (Å²) in [7, 11) is 0. The molecule has 114 valence electrons. The van der Waals surface area contributed by atoms with Gasteiger partial charge in [-0.15, -0.1) is 0 Å². The molecule has 1 aromatic carbocycles. The van der Waals surface area contributed by atoms with Gasteiger partial charge in [-0.05, 0) is 44.2 Å². The molecule has 6 nitrogen and oxygen atoms in total. The largest absolute Gasteiger partial charge is 0.336 e. The minimum atomic E-state index is -0.301. The second-order valence-corrected chi connectivity index (χ2v) is 5.00. The number of urea groups is 1. The van der Waals surface area contributed by atoms with Gasteiger partial charge in [-0.3, -0.25) is 9.78 Å². The molecule has 0 unspecified atom stereocenters. The molecule has 0 aliphatic heterocycles. The number of hydrogen-bond acceptors (Lipinski definition) is 3. The maximum absolute atomic E-state index is 12.0. The third kappa shape index (κ3) is 4.59. The van der Waals surface area contributed by atoms with Crippen molar-refractivity contribution in [1.82, 2.24) is 10.3 Å². The molecule has 6 heteroatoms. The molecule has 2 aromatic rings. The number of benzene rings is 1. The lowest BCUT2D eigenvalue weighted by atomic mass is 10.2. The molecule has 1 heterocycles. The quantitative estimate of drug-likeness (QED) is 0.811. The van der Waals surface area contributed by atoms with Crippen LogP contribution in [0.3, 0.4) is 0 Å². The van der Waals surface area contributed by atoms with Gasteiger partial charge in [0.15, 0.2) is 0 Å². The van der Waals surface area contributed by atoms with E-state index in [1.807, 2.05) is 13.8 Å². The van der Waals surface area contributed by atoms with E-state index in [0.29, 0.717) is 17.1 Å². The summed E-state index contributed by atoms with van der Waals surface area (Å²) < 4.78 is 0. The summed E-state index contributed by atoms with van der Waals surface area (Å²) >= 11 is 0. The molecule has 3 N–H and O–H groups in total. The summed E-state index contributed by atoms with van der Waals surface area (Å²) in [6.45, 7) is 3.76. The van der Waals surface area contributed by atoms with Crippen molar-refractivity contribution in [3.05, 3.63) is 54.4 Å². The highest BCUT2D eigenvalue weighted by atomic mass is 16.2. The molecule has 0 saturated carbocycles. The van der Waals surface area contributed by atoms with Crippen molar-refractivity contribution in [3.63, 3.8) is 0 Å². The summed E-state index contributed by atoms with van der Waals surface area (Å²) in [6.07, 6.45) is 1.56. The molecule has 0 bridgehead atoms. The van der Waals surface area contributed by atoms with Crippen LogP contribution in [0.5, 0.6) is 0 Å². The van der Waals surface area contributed by atoms with Gasteiger partial charge in [0.05, 0.1) is 0 Å². The Labute approximate surface area is 129 Å². The van der Waals surface area contributed by atoms with Crippen LogP contribution in [-0.4, -0.2) is 23.0 Å². The number of hydrogen-bond donors (Lipinski definition) is 3. The maximum atomic E-state index is 12.0. The number of anilines is 2. The van der Waals surface area contributed by atoms with Crippen LogP contribution in [0.25, 0.3) is 0 Å². The van der Waals surface area contributed by atoms with Crippen molar-refractivity contribution in [2.75, 3.05) is 10.6 Å². The first kappa shape index (κ1) is 15.5. The van der Waals surface area contributed by atoms with Crippen molar-refractivity contribution in [2.45, 2.75) is 19.9 Å². The summed E-state index contributed by atoms with van der Waals surface area (Å²) in [5.74, 6) is -0.301. The molecule has 0 radical (unpaired) electrons. The number of nitrogens with zero attached hydrogens (tertiary/aromatic N) is 1. The van der Waals surface area contributed by atoms with Gasteiger partial charge in [-0.2, -0.15) is 0 Å². The maximum Gasteiger partial charge on any atom is 0.319 e. The third-order valence-corrected chi connectivity index (χ3v) is 2.70. The normalized spacial score (nSPS) is 10.1. The smallest absolute Gasteiger partial charge is 0.319 e. The highest BCUT2D eigenvalue weighted by Crippen LogP contribution is 2.15. The highest BCUT2D eigenvalue weighted by molar-refractivity contribution is 6.03. The molecule has 0 aliphatic rings. The van der Waals surface area contributed by atoms with E-state index in [-0.39, 0.29) is 18.0 Å². The number of carbonyl (C=O) groups is 2. The molecule has 0 fully saturated rings. The number of aromatic nitrogens is 1. The Morgan fingerprint density at radius 1 is 1.00 bits per heavy atom. The zero-order valence-corrected chi connectivity index (χ0v) is 12.5. The van der Waals surface area contributed by atoms with E-state index >= 15 is 0 Å².